The molecule has 1 nitrogen and oxygen atoms in total. The highest BCUT2D eigenvalue weighted by molar-refractivity contribution is 9.08. The van der Waals surface area contributed by atoms with Crippen molar-refractivity contribution in [2.45, 2.75) is 32.0 Å². The number of nitrogens with zero attached hydrogens (tertiary/aromatic N) is 1. The van der Waals surface area contributed by atoms with Gasteiger partial charge in [-0.3, -0.25) is 0 Å². The van der Waals surface area contributed by atoms with E-state index >= 15 is 0 Å². The molecule has 100 valence electrons. The first-order chi connectivity index (χ1) is 8.61. The zero-order valence-electron chi connectivity index (χ0n) is 11.1. The van der Waals surface area contributed by atoms with E-state index in [2.05, 4.69) is 34.7 Å². The molecule has 0 spiro atoms. The molecule has 1 aromatic carbocycles. The van der Waals surface area contributed by atoms with E-state index in [9.17, 15) is 4.39 Å². The molecule has 0 aromatic heterocycles. The Bertz CT molecular complexity index is 397. The van der Waals surface area contributed by atoms with Crippen molar-refractivity contribution < 1.29 is 4.39 Å². The van der Waals surface area contributed by atoms with Crippen molar-refractivity contribution in [1.82, 2.24) is 0 Å². The Morgan fingerprint density at radius 3 is 2.56 bits per heavy atom. The van der Waals surface area contributed by atoms with Gasteiger partial charge >= 0.3 is 0 Å². The SMILES string of the molecule is CC(C)C1CCN(c2ccc(F)cc2CBr)CC1. The van der Waals surface area contributed by atoms with E-state index in [-0.39, 0.29) is 5.82 Å². The highest BCUT2D eigenvalue weighted by atomic mass is 79.9. The van der Waals surface area contributed by atoms with Crippen LogP contribution in [0.2, 0.25) is 0 Å². The van der Waals surface area contributed by atoms with Crippen LogP contribution < -0.4 is 4.90 Å². The monoisotopic (exact) mass is 313 g/mol. The average Bonchev–Trinajstić information content (AvgIpc) is 2.38. The Kier molecular flexibility index (Phi) is 4.66. The number of alkyl halides is 1. The van der Waals surface area contributed by atoms with Crippen molar-refractivity contribution in [3.05, 3.63) is 29.6 Å². The van der Waals surface area contributed by atoms with Crippen molar-refractivity contribution in [3.63, 3.8) is 0 Å². The first-order valence-corrected chi connectivity index (χ1v) is 7.83. The van der Waals surface area contributed by atoms with E-state index in [1.54, 1.807) is 12.1 Å². The Morgan fingerprint density at radius 2 is 2.00 bits per heavy atom. The molecule has 0 bridgehead atoms. The second-order valence-electron chi connectivity index (χ2n) is 5.48. The number of hydrogen-bond acceptors (Lipinski definition) is 1. The van der Waals surface area contributed by atoms with Crippen LogP contribution >= 0.6 is 15.9 Å². The van der Waals surface area contributed by atoms with Gasteiger partial charge in [0.15, 0.2) is 0 Å². The fourth-order valence-corrected chi connectivity index (χ4v) is 3.23. The second kappa shape index (κ2) is 6.05. The maximum Gasteiger partial charge on any atom is 0.123 e. The Morgan fingerprint density at radius 1 is 1.33 bits per heavy atom. The van der Waals surface area contributed by atoms with Crippen LogP contribution in [0.1, 0.15) is 32.3 Å². The summed E-state index contributed by atoms with van der Waals surface area (Å²) in [7, 11) is 0. The van der Waals surface area contributed by atoms with Gasteiger partial charge in [0, 0.05) is 24.1 Å². The van der Waals surface area contributed by atoms with Gasteiger partial charge in [-0.05, 0) is 48.4 Å². The minimum Gasteiger partial charge on any atom is -0.371 e. The molecule has 0 N–H and O–H groups in total. The molecule has 1 fully saturated rings. The summed E-state index contributed by atoms with van der Waals surface area (Å²) in [6.07, 6.45) is 2.49. The van der Waals surface area contributed by atoms with Crippen LogP contribution in [0.3, 0.4) is 0 Å². The Balaban J connectivity index is 2.09. The highest BCUT2D eigenvalue weighted by Gasteiger charge is 2.22. The lowest BCUT2D eigenvalue weighted by Crippen LogP contribution is -2.35. The second-order valence-corrected chi connectivity index (χ2v) is 6.04. The fraction of sp³-hybridized carbons (Fsp3) is 0.600. The van der Waals surface area contributed by atoms with Crippen molar-refractivity contribution in [1.29, 1.82) is 0 Å². The number of halogens is 2. The highest BCUT2D eigenvalue weighted by Crippen LogP contribution is 2.30. The number of rotatable bonds is 3. The molecule has 0 amide bonds. The largest absolute Gasteiger partial charge is 0.371 e. The lowest BCUT2D eigenvalue weighted by Gasteiger charge is -2.36. The molecule has 0 unspecified atom stereocenters. The topological polar surface area (TPSA) is 3.24 Å². The van der Waals surface area contributed by atoms with Gasteiger partial charge in [0.05, 0.1) is 0 Å². The maximum absolute atomic E-state index is 13.2. The van der Waals surface area contributed by atoms with Gasteiger partial charge in [0.2, 0.25) is 0 Å². The normalized spacial score (nSPS) is 17.5. The third-order valence-electron chi connectivity index (χ3n) is 4.01. The number of piperidine rings is 1. The van der Waals surface area contributed by atoms with Crippen LogP contribution in [0.4, 0.5) is 10.1 Å². The molecule has 1 aromatic rings. The lowest BCUT2D eigenvalue weighted by atomic mass is 9.86. The zero-order valence-corrected chi connectivity index (χ0v) is 12.7. The molecular weight excluding hydrogens is 293 g/mol. The summed E-state index contributed by atoms with van der Waals surface area (Å²) in [5.74, 6) is 1.47. The summed E-state index contributed by atoms with van der Waals surface area (Å²) in [5.41, 5.74) is 2.24. The molecule has 1 heterocycles. The molecule has 2 rings (SSSR count). The van der Waals surface area contributed by atoms with Crippen molar-refractivity contribution in [2.75, 3.05) is 18.0 Å². The number of hydrogen-bond donors (Lipinski definition) is 0. The smallest absolute Gasteiger partial charge is 0.123 e. The molecule has 1 aliphatic rings. The summed E-state index contributed by atoms with van der Waals surface area (Å²) in [4.78, 5) is 2.40. The van der Waals surface area contributed by atoms with Gasteiger partial charge in [-0.2, -0.15) is 0 Å². The van der Waals surface area contributed by atoms with Crippen LogP contribution in [0.5, 0.6) is 0 Å². The summed E-state index contributed by atoms with van der Waals surface area (Å²) >= 11 is 3.45. The van der Waals surface area contributed by atoms with Gasteiger partial charge in [0.25, 0.3) is 0 Å². The van der Waals surface area contributed by atoms with Gasteiger partial charge in [0.1, 0.15) is 5.82 Å². The first kappa shape index (κ1) is 13.9. The average molecular weight is 314 g/mol. The van der Waals surface area contributed by atoms with Gasteiger partial charge in [-0.1, -0.05) is 29.8 Å². The molecule has 1 saturated heterocycles. The quantitative estimate of drug-likeness (QED) is 0.737. The molecule has 0 aliphatic carbocycles. The lowest BCUT2D eigenvalue weighted by molar-refractivity contribution is 0.311. The number of benzene rings is 1. The minimum atomic E-state index is -0.148. The van der Waals surface area contributed by atoms with Crippen LogP contribution in [-0.4, -0.2) is 13.1 Å². The van der Waals surface area contributed by atoms with Crippen molar-refractivity contribution in [3.8, 4) is 0 Å². The van der Waals surface area contributed by atoms with E-state index in [0.717, 1.165) is 30.5 Å². The van der Waals surface area contributed by atoms with E-state index in [4.69, 9.17) is 0 Å². The van der Waals surface area contributed by atoms with Crippen LogP contribution in [0.15, 0.2) is 18.2 Å². The molecule has 0 radical (unpaired) electrons. The summed E-state index contributed by atoms with van der Waals surface area (Å²) in [6, 6.07) is 5.12. The maximum atomic E-state index is 13.2. The van der Waals surface area contributed by atoms with Crippen LogP contribution in [0.25, 0.3) is 0 Å². The van der Waals surface area contributed by atoms with E-state index in [1.165, 1.54) is 18.5 Å². The molecule has 0 saturated carbocycles. The summed E-state index contributed by atoms with van der Waals surface area (Å²) in [6.45, 7) is 6.80. The Hall–Kier alpha value is -0.570. The summed E-state index contributed by atoms with van der Waals surface area (Å²) in [5, 5.41) is 0.713. The van der Waals surface area contributed by atoms with E-state index in [0.29, 0.717) is 5.33 Å². The van der Waals surface area contributed by atoms with Gasteiger partial charge in [-0.25, -0.2) is 4.39 Å². The number of anilines is 1. The predicted molar refractivity (Wildman–Crippen MR) is 78.8 cm³/mol. The molecule has 18 heavy (non-hydrogen) atoms. The zero-order chi connectivity index (χ0) is 13.1. The van der Waals surface area contributed by atoms with Crippen LogP contribution in [0, 0.1) is 17.7 Å². The van der Waals surface area contributed by atoms with E-state index in [1.807, 2.05) is 6.07 Å². The fourth-order valence-electron chi connectivity index (χ4n) is 2.78. The van der Waals surface area contributed by atoms with Gasteiger partial charge in [-0.15, -0.1) is 0 Å². The molecule has 1 aliphatic heterocycles. The van der Waals surface area contributed by atoms with Gasteiger partial charge < -0.3 is 4.90 Å². The standard InChI is InChI=1S/C15H21BrFN/c1-11(2)12-5-7-18(8-6-12)15-4-3-14(17)9-13(15)10-16/h3-4,9,11-12H,5-8,10H2,1-2H3. The third kappa shape index (κ3) is 3.05. The first-order valence-electron chi connectivity index (χ1n) is 6.71. The Labute approximate surface area is 118 Å². The molecule has 0 atom stereocenters. The van der Waals surface area contributed by atoms with Crippen molar-refractivity contribution >= 4 is 21.6 Å². The third-order valence-corrected chi connectivity index (χ3v) is 4.61. The minimum absolute atomic E-state index is 0.148. The molecular formula is C15H21BrFN. The van der Waals surface area contributed by atoms with Crippen LogP contribution in [-0.2, 0) is 5.33 Å². The molecule has 3 heteroatoms. The predicted octanol–water partition coefficient (Wildman–Crippen LogP) is 4.59. The van der Waals surface area contributed by atoms with E-state index < -0.39 is 0 Å². The summed E-state index contributed by atoms with van der Waals surface area (Å²) < 4.78 is 13.2. The van der Waals surface area contributed by atoms with Crippen molar-refractivity contribution in [2.24, 2.45) is 11.8 Å².